The lowest BCUT2D eigenvalue weighted by molar-refractivity contribution is -0.314. The number of hydrogen-bond acceptors (Lipinski definition) is 3. The van der Waals surface area contributed by atoms with Crippen molar-refractivity contribution in [3.8, 4) is 0 Å². The molecule has 2 fully saturated rings. The van der Waals surface area contributed by atoms with Crippen LogP contribution in [0.2, 0.25) is 0 Å². The zero-order chi connectivity index (χ0) is 17.3. The summed E-state index contributed by atoms with van der Waals surface area (Å²) in [7, 11) is 0. The number of carbonyl (C=O) groups is 2. The zero-order valence-corrected chi connectivity index (χ0v) is 14.2. The summed E-state index contributed by atoms with van der Waals surface area (Å²) in [4.78, 5) is 24.3. The second kappa shape index (κ2) is 6.80. The predicted octanol–water partition coefficient (Wildman–Crippen LogP) is 1.70. The number of rotatable bonds is 5. The number of fused-ring (bicyclic) bond motifs is 2. The molecule has 1 amide bonds. The van der Waals surface area contributed by atoms with Crippen molar-refractivity contribution in [1.29, 1.82) is 0 Å². The number of carboxylic acids is 1. The molecule has 4 nitrogen and oxygen atoms in total. The predicted molar refractivity (Wildman–Crippen MR) is 89.7 cm³/mol. The first kappa shape index (κ1) is 16.7. The van der Waals surface area contributed by atoms with Gasteiger partial charge in [0.1, 0.15) is 0 Å². The second-order valence-electron chi connectivity index (χ2n) is 7.14. The zero-order valence-electron chi connectivity index (χ0n) is 14.2. The summed E-state index contributed by atoms with van der Waals surface area (Å²) in [6, 6.07) is 9.95. The number of benzene rings is 1. The van der Waals surface area contributed by atoms with E-state index in [1.54, 1.807) is 0 Å². The fraction of sp³-hybridized carbons (Fsp3) is 0.500. The number of amides is 1. The molecule has 0 radical (unpaired) electrons. The summed E-state index contributed by atoms with van der Waals surface area (Å²) in [5.41, 5.74) is 3.51. The van der Waals surface area contributed by atoms with Crippen molar-refractivity contribution >= 4 is 11.9 Å². The van der Waals surface area contributed by atoms with Crippen LogP contribution in [0.25, 0.3) is 0 Å². The molecule has 2 saturated carbocycles. The summed E-state index contributed by atoms with van der Waals surface area (Å²) in [6.45, 7) is 4.56. The fourth-order valence-corrected chi connectivity index (χ4v) is 4.68. The monoisotopic (exact) mass is 326 g/mol. The van der Waals surface area contributed by atoms with Crippen LogP contribution in [0.5, 0.6) is 0 Å². The molecule has 0 heterocycles. The molecule has 2 bridgehead atoms. The highest BCUT2D eigenvalue weighted by molar-refractivity contribution is 5.87. The van der Waals surface area contributed by atoms with Gasteiger partial charge in [-0.25, -0.2) is 0 Å². The van der Waals surface area contributed by atoms with Crippen LogP contribution >= 0.6 is 0 Å². The van der Waals surface area contributed by atoms with Crippen molar-refractivity contribution < 1.29 is 14.7 Å². The molecule has 4 atom stereocenters. The maximum atomic E-state index is 12.7. The highest BCUT2D eigenvalue weighted by atomic mass is 16.4. The summed E-state index contributed by atoms with van der Waals surface area (Å²) in [5, 5.41) is 14.6. The minimum atomic E-state index is -1.08. The lowest BCUT2D eigenvalue weighted by atomic mass is 9.78. The Morgan fingerprint density at radius 2 is 1.71 bits per heavy atom. The topological polar surface area (TPSA) is 69.2 Å². The van der Waals surface area contributed by atoms with Gasteiger partial charge >= 0.3 is 0 Å². The quantitative estimate of drug-likeness (QED) is 0.838. The van der Waals surface area contributed by atoms with Crippen LogP contribution in [-0.2, 0) is 16.0 Å². The highest BCUT2D eigenvalue weighted by Gasteiger charge is 2.54. The smallest absolute Gasteiger partial charge is 0.224 e. The first-order valence-electron chi connectivity index (χ1n) is 8.70. The number of carboxylic acid groups (broad SMARTS) is 1. The molecule has 128 valence electrons. The maximum absolute atomic E-state index is 12.7. The van der Waals surface area contributed by atoms with Gasteiger partial charge in [-0.15, -0.1) is 0 Å². The summed E-state index contributed by atoms with van der Waals surface area (Å²) in [6.07, 6.45) is 2.52. The Kier molecular flexibility index (Phi) is 4.74. The molecule has 1 aromatic rings. The van der Waals surface area contributed by atoms with E-state index in [4.69, 9.17) is 0 Å². The fourth-order valence-electron chi connectivity index (χ4n) is 4.68. The Morgan fingerprint density at radius 1 is 1.08 bits per heavy atom. The number of allylic oxidation sites excluding steroid dienone is 2. The van der Waals surface area contributed by atoms with E-state index in [-0.39, 0.29) is 17.7 Å². The summed E-state index contributed by atoms with van der Waals surface area (Å²) in [5.74, 6) is -2.32. The molecular weight excluding hydrogens is 302 g/mol. The van der Waals surface area contributed by atoms with Crippen molar-refractivity contribution in [2.24, 2.45) is 23.7 Å². The van der Waals surface area contributed by atoms with Gasteiger partial charge < -0.3 is 15.2 Å². The van der Waals surface area contributed by atoms with Crippen LogP contribution in [0.3, 0.4) is 0 Å². The normalized spacial score (nSPS) is 28.0. The Labute approximate surface area is 143 Å². The van der Waals surface area contributed by atoms with Crippen LogP contribution in [0.15, 0.2) is 41.5 Å². The van der Waals surface area contributed by atoms with Gasteiger partial charge in [-0.1, -0.05) is 41.5 Å². The minimum Gasteiger partial charge on any atom is -0.550 e. The second-order valence-corrected chi connectivity index (χ2v) is 7.14. The van der Waals surface area contributed by atoms with Crippen LogP contribution in [0.1, 0.15) is 32.3 Å². The van der Waals surface area contributed by atoms with E-state index in [1.807, 2.05) is 44.2 Å². The lowest BCUT2D eigenvalue weighted by Crippen LogP contribution is -2.46. The Bertz CT molecular complexity index is 661. The van der Waals surface area contributed by atoms with Gasteiger partial charge in [0.15, 0.2) is 0 Å². The van der Waals surface area contributed by atoms with Gasteiger partial charge in [-0.3, -0.25) is 4.79 Å². The first-order chi connectivity index (χ1) is 11.5. The van der Waals surface area contributed by atoms with E-state index in [2.05, 4.69) is 5.32 Å². The van der Waals surface area contributed by atoms with Crippen molar-refractivity contribution in [2.45, 2.75) is 33.1 Å². The Balaban J connectivity index is 1.69. The summed E-state index contributed by atoms with van der Waals surface area (Å²) >= 11 is 0. The van der Waals surface area contributed by atoms with Gasteiger partial charge in [-0.05, 0) is 50.5 Å². The van der Waals surface area contributed by atoms with Crippen molar-refractivity contribution in [2.75, 3.05) is 6.54 Å². The third-order valence-electron chi connectivity index (χ3n) is 5.55. The Morgan fingerprint density at radius 3 is 2.29 bits per heavy atom. The molecule has 0 saturated heterocycles. The molecule has 0 aliphatic heterocycles. The van der Waals surface area contributed by atoms with Crippen LogP contribution in [0, 0.1) is 23.7 Å². The first-order valence-corrected chi connectivity index (χ1v) is 8.70. The van der Waals surface area contributed by atoms with Crippen LogP contribution in [0.4, 0.5) is 0 Å². The van der Waals surface area contributed by atoms with Gasteiger partial charge in [-0.2, -0.15) is 0 Å². The average Bonchev–Trinajstić information content (AvgIpc) is 3.11. The molecular formula is C20H24NO3-. The molecule has 2 aliphatic carbocycles. The molecule has 2 aliphatic rings. The molecule has 0 unspecified atom stereocenters. The minimum absolute atomic E-state index is 0.0186. The van der Waals surface area contributed by atoms with E-state index in [9.17, 15) is 14.7 Å². The number of nitrogens with one attached hydrogen (secondary N) is 1. The maximum Gasteiger partial charge on any atom is 0.224 e. The van der Waals surface area contributed by atoms with E-state index in [0.717, 1.165) is 30.4 Å². The number of aliphatic carboxylic acids is 1. The van der Waals surface area contributed by atoms with Crippen molar-refractivity contribution in [3.63, 3.8) is 0 Å². The van der Waals surface area contributed by atoms with E-state index >= 15 is 0 Å². The largest absolute Gasteiger partial charge is 0.550 e. The third-order valence-corrected chi connectivity index (χ3v) is 5.55. The van der Waals surface area contributed by atoms with Crippen molar-refractivity contribution in [1.82, 2.24) is 5.32 Å². The Hall–Kier alpha value is -2.10. The molecule has 1 N–H and O–H groups in total. The van der Waals surface area contributed by atoms with Gasteiger partial charge in [0.25, 0.3) is 0 Å². The summed E-state index contributed by atoms with van der Waals surface area (Å²) < 4.78 is 0. The molecule has 4 heteroatoms. The SMILES string of the molecule is CC(C)=C1[C@H]2CC[C@H]1[C@@H](C(=O)NCCc1ccccc1)[C@H]2C(=O)[O-]. The van der Waals surface area contributed by atoms with E-state index in [1.165, 1.54) is 5.57 Å². The third kappa shape index (κ3) is 2.97. The van der Waals surface area contributed by atoms with E-state index in [0.29, 0.717) is 6.54 Å². The number of carbonyl (C=O) groups excluding carboxylic acids is 2. The van der Waals surface area contributed by atoms with Crippen molar-refractivity contribution in [3.05, 3.63) is 47.0 Å². The molecule has 0 spiro atoms. The molecule has 0 aromatic heterocycles. The van der Waals surface area contributed by atoms with Gasteiger partial charge in [0.2, 0.25) is 5.91 Å². The number of hydrogen-bond donors (Lipinski definition) is 1. The van der Waals surface area contributed by atoms with Gasteiger partial charge in [0, 0.05) is 18.4 Å². The van der Waals surface area contributed by atoms with Gasteiger partial charge in [0.05, 0.1) is 5.92 Å². The molecule has 3 rings (SSSR count). The highest BCUT2D eigenvalue weighted by Crippen LogP contribution is 2.56. The van der Waals surface area contributed by atoms with Crippen LogP contribution < -0.4 is 10.4 Å². The molecule has 24 heavy (non-hydrogen) atoms. The van der Waals surface area contributed by atoms with Crippen LogP contribution in [-0.4, -0.2) is 18.4 Å². The molecule has 1 aromatic carbocycles. The average molecular weight is 326 g/mol. The standard InChI is InChI=1S/C20H25NO3/c1-12(2)16-14-8-9-15(16)18(20(23)24)17(14)19(22)21-11-10-13-6-4-3-5-7-13/h3-7,14-15,17-18H,8-11H2,1-2H3,(H,21,22)(H,23,24)/p-1/t14-,15-,17-,18+/m1/s1. The van der Waals surface area contributed by atoms with E-state index < -0.39 is 17.8 Å². The lowest BCUT2D eigenvalue weighted by Gasteiger charge is -2.30.